The number of nitrogens with zero attached hydrogens (tertiary/aromatic N) is 1. The topological polar surface area (TPSA) is 89.6 Å². The van der Waals surface area contributed by atoms with E-state index in [0.29, 0.717) is 18.6 Å². The second-order valence-electron chi connectivity index (χ2n) is 4.01. The molecule has 0 aliphatic rings. The number of Topliss-reactive ketones (excluding diaryl/α,β-unsaturated/α-hetero) is 1. The summed E-state index contributed by atoms with van der Waals surface area (Å²) in [4.78, 5) is 26.6. The summed E-state index contributed by atoms with van der Waals surface area (Å²) in [6, 6.07) is 0. The number of ketones is 1. The first-order valence-electron chi connectivity index (χ1n) is 5.81. The Morgan fingerprint density at radius 3 is 2.78 bits per heavy atom. The normalized spacial score (nSPS) is 13.9. The van der Waals surface area contributed by atoms with Gasteiger partial charge >= 0.3 is 5.97 Å². The number of rotatable bonds is 7. The SMILES string of the molecule is CCCC(O)C(=O)OC(Cc1cnco1)C(C)=O. The zero-order valence-electron chi connectivity index (χ0n) is 10.5. The number of ether oxygens (including phenoxy) is 1. The molecule has 0 aliphatic carbocycles. The molecular weight excluding hydrogens is 238 g/mol. The largest absolute Gasteiger partial charge is 0.452 e. The molecule has 0 saturated heterocycles. The van der Waals surface area contributed by atoms with Crippen LogP contribution < -0.4 is 0 Å². The summed E-state index contributed by atoms with van der Waals surface area (Å²) in [5, 5.41) is 9.45. The van der Waals surface area contributed by atoms with Gasteiger partial charge < -0.3 is 14.3 Å². The summed E-state index contributed by atoms with van der Waals surface area (Å²) in [5.74, 6) is -0.631. The van der Waals surface area contributed by atoms with Crippen molar-refractivity contribution < 1.29 is 23.8 Å². The van der Waals surface area contributed by atoms with Gasteiger partial charge in [-0.05, 0) is 13.3 Å². The van der Waals surface area contributed by atoms with Crippen LogP contribution in [0.15, 0.2) is 17.0 Å². The van der Waals surface area contributed by atoms with Crippen molar-refractivity contribution >= 4 is 11.8 Å². The standard InChI is InChI=1S/C12H17NO5/c1-3-4-10(15)12(16)18-11(8(2)14)5-9-6-13-7-17-9/h6-7,10-11,15H,3-5H2,1-2H3. The van der Waals surface area contributed by atoms with E-state index in [2.05, 4.69) is 4.98 Å². The summed E-state index contributed by atoms with van der Waals surface area (Å²) in [5.41, 5.74) is 0. The molecule has 0 fully saturated rings. The highest BCUT2D eigenvalue weighted by Crippen LogP contribution is 2.09. The van der Waals surface area contributed by atoms with Crippen LogP contribution in [0, 0.1) is 0 Å². The van der Waals surface area contributed by atoms with Crippen LogP contribution in [-0.2, 0) is 20.7 Å². The molecule has 6 nitrogen and oxygen atoms in total. The molecule has 1 aromatic heterocycles. The van der Waals surface area contributed by atoms with E-state index >= 15 is 0 Å². The number of carbonyl (C=O) groups is 2. The maximum atomic E-state index is 11.5. The second-order valence-corrected chi connectivity index (χ2v) is 4.01. The highest BCUT2D eigenvalue weighted by molar-refractivity contribution is 5.84. The quantitative estimate of drug-likeness (QED) is 0.727. The molecule has 1 N–H and O–H groups in total. The van der Waals surface area contributed by atoms with E-state index in [9.17, 15) is 14.7 Å². The molecule has 1 heterocycles. The van der Waals surface area contributed by atoms with Gasteiger partial charge in [0.25, 0.3) is 0 Å². The van der Waals surface area contributed by atoms with Crippen molar-refractivity contribution in [3.8, 4) is 0 Å². The first kappa shape index (κ1) is 14.4. The second kappa shape index (κ2) is 6.90. The van der Waals surface area contributed by atoms with E-state index in [0.717, 1.165) is 0 Å². The Hall–Kier alpha value is -1.69. The average Bonchev–Trinajstić information content (AvgIpc) is 2.81. The Kier molecular flexibility index (Phi) is 5.51. The summed E-state index contributed by atoms with van der Waals surface area (Å²) in [7, 11) is 0. The minimum Gasteiger partial charge on any atom is -0.452 e. The Bertz CT molecular complexity index is 387. The molecule has 0 amide bonds. The maximum Gasteiger partial charge on any atom is 0.335 e. The lowest BCUT2D eigenvalue weighted by Gasteiger charge is -2.16. The van der Waals surface area contributed by atoms with Gasteiger partial charge in [0.05, 0.1) is 12.6 Å². The van der Waals surface area contributed by atoms with Crippen LogP contribution in [-0.4, -0.2) is 34.1 Å². The van der Waals surface area contributed by atoms with Gasteiger partial charge in [-0.25, -0.2) is 9.78 Å². The van der Waals surface area contributed by atoms with Crippen molar-refractivity contribution in [1.82, 2.24) is 4.98 Å². The molecule has 0 radical (unpaired) electrons. The highest BCUT2D eigenvalue weighted by Gasteiger charge is 2.25. The summed E-state index contributed by atoms with van der Waals surface area (Å²) in [6.45, 7) is 3.16. The van der Waals surface area contributed by atoms with E-state index in [4.69, 9.17) is 9.15 Å². The monoisotopic (exact) mass is 255 g/mol. The summed E-state index contributed by atoms with van der Waals surface area (Å²) in [6.07, 6.45) is 1.64. The van der Waals surface area contributed by atoms with Crippen LogP contribution >= 0.6 is 0 Å². The van der Waals surface area contributed by atoms with Gasteiger partial charge in [0.1, 0.15) is 5.76 Å². The molecule has 0 bridgehead atoms. The lowest BCUT2D eigenvalue weighted by atomic mass is 10.1. The fourth-order valence-electron chi connectivity index (χ4n) is 1.40. The Morgan fingerprint density at radius 2 is 2.28 bits per heavy atom. The molecule has 1 aromatic rings. The number of aromatic nitrogens is 1. The third-order valence-corrected chi connectivity index (χ3v) is 2.42. The maximum absolute atomic E-state index is 11.5. The number of aliphatic hydroxyl groups is 1. The van der Waals surface area contributed by atoms with Crippen LogP contribution in [0.4, 0.5) is 0 Å². The van der Waals surface area contributed by atoms with E-state index in [1.807, 2.05) is 6.92 Å². The molecule has 0 spiro atoms. The smallest absolute Gasteiger partial charge is 0.335 e. The molecular formula is C12H17NO5. The summed E-state index contributed by atoms with van der Waals surface area (Å²) >= 11 is 0. The Labute approximate surface area is 105 Å². The Morgan fingerprint density at radius 1 is 1.56 bits per heavy atom. The van der Waals surface area contributed by atoms with Gasteiger partial charge in [-0.1, -0.05) is 13.3 Å². The summed E-state index contributed by atoms with van der Waals surface area (Å²) < 4.78 is 9.96. The first-order chi connectivity index (χ1) is 8.54. The van der Waals surface area contributed by atoms with E-state index in [-0.39, 0.29) is 12.2 Å². The fraction of sp³-hybridized carbons (Fsp3) is 0.583. The van der Waals surface area contributed by atoms with Crippen molar-refractivity contribution in [3.63, 3.8) is 0 Å². The molecule has 0 saturated carbocycles. The zero-order chi connectivity index (χ0) is 13.5. The average molecular weight is 255 g/mol. The van der Waals surface area contributed by atoms with E-state index in [1.54, 1.807) is 0 Å². The fourth-order valence-corrected chi connectivity index (χ4v) is 1.40. The van der Waals surface area contributed by atoms with E-state index < -0.39 is 18.2 Å². The van der Waals surface area contributed by atoms with Gasteiger partial charge in [0.15, 0.2) is 24.4 Å². The molecule has 0 aromatic carbocycles. The molecule has 100 valence electrons. The zero-order valence-corrected chi connectivity index (χ0v) is 10.5. The number of carbonyl (C=O) groups excluding carboxylic acids is 2. The third-order valence-electron chi connectivity index (χ3n) is 2.42. The highest BCUT2D eigenvalue weighted by atomic mass is 16.6. The van der Waals surface area contributed by atoms with Crippen molar-refractivity contribution in [3.05, 3.63) is 18.4 Å². The van der Waals surface area contributed by atoms with Crippen LogP contribution in [0.3, 0.4) is 0 Å². The van der Waals surface area contributed by atoms with Crippen LogP contribution in [0.25, 0.3) is 0 Å². The number of aliphatic hydroxyl groups excluding tert-OH is 1. The predicted octanol–water partition coefficient (Wildman–Crippen LogP) is 0.879. The Balaban J connectivity index is 2.58. The molecule has 18 heavy (non-hydrogen) atoms. The lowest BCUT2D eigenvalue weighted by molar-refractivity contribution is -0.163. The number of oxazole rings is 1. The van der Waals surface area contributed by atoms with Crippen molar-refractivity contribution in [2.24, 2.45) is 0 Å². The minimum atomic E-state index is -1.19. The van der Waals surface area contributed by atoms with Gasteiger partial charge in [-0.3, -0.25) is 4.79 Å². The molecule has 1 rings (SSSR count). The lowest BCUT2D eigenvalue weighted by Crippen LogP contribution is -2.33. The van der Waals surface area contributed by atoms with Crippen LogP contribution in [0.2, 0.25) is 0 Å². The third kappa shape index (κ3) is 4.29. The number of hydrogen-bond acceptors (Lipinski definition) is 6. The minimum absolute atomic E-state index is 0.125. The molecule has 2 unspecified atom stereocenters. The van der Waals surface area contributed by atoms with Gasteiger partial charge in [0, 0.05) is 0 Å². The number of hydrogen-bond donors (Lipinski definition) is 1. The predicted molar refractivity (Wildman–Crippen MR) is 61.7 cm³/mol. The van der Waals surface area contributed by atoms with Crippen molar-refractivity contribution in [2.45, 2.75) is 45.3 Å². The molecule has 2 atom stereocenters. The van der Waals surface area contributed by atoms with Gasteiger partial charge in [0.2, 0.25) is 0 Å². The molecule has 6 heteroatoms. The van der Waals surface area contributed by atoms with Gasteiger partial charge in [-0.15, -0.1) is 0 Å². The number of esters is 1. The van der Waals surface area contributed by atoms with Crippen molar-refractivity contribution in [2.75, 3.05) is 0 Å². The first-order valence-corrected chi connectivity index (χ1v) is 5.81. The van der Waals surface area contributed by atoms with E-state index in [1.165, 1.54) is 19.5 Å². The van der Waals surface area contributed by atoms with Crippen LogP contribution in [0.5, 0.6) is 0 Å². The molecule has 0 aliphatic heterocycles. The van der Waals surface area contributed by atoms with Crippen molar-refractivity contribution in [1.29, 1.82) is 0 Å². The van der Waals surface area contributed by atoms with Gasteiger partial charge in [-0.2, -0.15) is 0 Å². The van der Waals surface area contributed by atoms with Crippen LogP contribution in [0.1, 0.15) is 32.4 Å².